The summed E-state index contributed by atoms with van der Waals surface area (Å²) in [6.45, 7) is 6.61. The molecule has 0 amide bonds. The monoisotopic (exact) mass is 240 g/mol. The van der Waals surface area contributed by atoms with Crippen molar-refractivity contribution in [1.29, 1.82) is 0 Å². The molecule has 0 nitrogen and oxygen atoms in total. The molecule has 0 radical (unpaired) electrons. The van der Waals surface area contributed by atoms with Crippen molar-refractivity contribution < 1.29 is 0 Å². The highest BCUT2D eigenvalue weighted by molar-refractivity contribution is 9.09. The van der Waals surface area contributed by atoms with E-state index in [0.717, 1.165) is 0 Å². The van der Waals surface area contributed by atoms with E-state index in [1.165, 1.54) is 17.5 Å². The van der Waals surface area contributed by atoms with Gasteiger partial charge < -0.3 is 0 Å². The topological polar surface area (TPSA) is 0 Å². The maximum Gasteiger partial charge on any atom is 0.0209 e. The minimum Gasteiger partial charge on any atom is -0.0884 e. The summed E-state index contributed by atoms with van der Waals surface area (Å²) in [6.07, 6.45) is 1.18. The first-order chi connectivity index (χ1) is 6.15. The minimum atomic E-state index is 0.593. The molecule has 1 rings (SSSR count). The predicted molar refractivity (Wildman–Crippen MR) is 62.6 cm³/mol. The summed E-state index contributed by atoms with van der Waals surface area (Å²) >= 11 is 3.70. The lowest BCUT2D eigenvalue weighted by molar-refractivity contribution is 0.694. The van der Waals surface area contributed by atoms with Crippen LogP contribution in [0.5, 0.6) is 0 Å². The van der Waals surface area contributed by atoms with E-state index in [9.17, 15) is 0 Å². The number of hydrogen-bond acceptors (Lipinski definition) is 0. The average molecular weight is 241 g/mol. The Hall–Kier alpha value is -0.300. The Morgan fingerprint density at radius 2 is 1.77 bits per heavy atom. The fourth-order valence-electron chi connectivity index (χ4n) is 1.43. The van der Waals surface area contributed by atoms with Crippen LogP contribution in [0.3, 0.4) is 0 Å². The maximum atomic E-state index is 3.70. The van der Waals surface area contributed by atoms with Crippen LogP contribution in [0.25, 0.3) is 0 Å². The predicted octanol–water partition coefficient (Wildman–Crippen LogP) is 4.27. The van der Waals surface area contributed by atoms with E-state index in [1.54, 1.807) is 0 Å². The Kier molecular flexibility index (Phi) is 3.98. The number of halogens is 1. The summed E-state index contributed by atoms with van der Waals surface area (Å²) in [5.74, 6) is 0.602. The highest BCUT2D eigenvalue weighted by Crippen LogP contribution is 2.26. The lowest BCUT2D eigenvalue weighted by atomic mass is 9.96. The van der Waals surface area contributed by atoms with Crippen molar-refractivity contribution in [2.75, 3.05) is 0 Å². The second-order valence-corrected chi connectivity index (χ2v) is 4.80. The highest BCUT2D eigenvalue weighted by Gasteiger charge is 2.13. The molecule has 13 heavy (non-hydrogen) atoms. The molecule has 0 N–H and O–H groups in total. The van der Waals surface area contributed by atoms with Crippen molar-refractivity contribution in [2.45, 2.75) is 37.9 Å². The first-order valence-electron chi connectivity index (χ1n) is 4.85. The van der Waals surface area contributed by atoms with E-state index in [2.05, 4.69) is 61.0 Å². The van der Waals surface area contributed by atoms with Crippen molar-refractivity contribution in [3.63, 3.8) is 0 Å². The Morgan fingerprint density at radius 1 is 1.23 bits per heavy atom. The second-order valence-electron chi connectivity index (χ2n) is 3.62. The molecule has 0 aliphatic carbocycles. The van der Waals surface area contributed by atoms with E-state index < -0.39 is 0 Å². The van der Waals surface area contributed by atoms with Gasteiger partial charge in [0, 0.05) is 4.83 Å². The molecule has 2 atom stereocenters. The Bertz CT molecular complexity index is 250. The average Bonchev–Trinajstić information content (AvgIpc) is 2.17. The molecule has 1 aromatic carbocycles. The summed E-state index contributed by atoms with van der Waals surface area (Å²) < 4.78 is 0. The molecule has 1 heteroatoms. The lowest BCUT2D eigenvalue weighted by Gasteiger charge is -2.17. The molecule has 0 aliphatic heterocycles. The molecule has 0 saturated heterocycles. The van der Waals surface area contributed by atoms with Crippen LogP contribution in [0.15, 0.2) is 24.3 Å². The van der Waals surface area contributed by atoms with E-state index >= 15 is 0 Å². The van der Waals surface area contributed by atoms with Gasteiger partial charge in [-0.05, 0) is 24.8 Å². The summed E-state index contributed by atoms with van der Waals surface area (Å²) in [5, 5.41) is 0. The summed E-state index contributed by atoms with van der Waals surface area (Å²) in [5.41, 5.74) is 2.76. The molecular formula is C12H17Br. The molecule has 0 aromatic heterocycles. The van der Waals surface area contributed by atoms with Gasteiger partial charge in [0.25, 0.3) is 0 Å². The third-order valence-electron chi connectivity index (χ3n) is 2.54. The van der Waals surface area contributed by atoms with Gasteiger partial charge in [0.05, 0.1) is 0 Å². The zero-order valence-electron chi connectivity index (χ0n) is 8.55. The summed E-state index contributed by atoms with van der Waals surface area (Å²) in [7, 11) is 0. The Balaban J connectivity index is 2.77. The van der Waals surface area contributed by atoms with Gasteiger partial charge in [-0.1, -0.05) is 59.6 Å². The smallest absolute Gasteiger partial charge is 0.0209 e. The number of hydrogen-bond donors (Lipinski definition) is 0. The van der Waals surface area contributed by atoms with Crippen LogP contribution in [0.2, 0.25) is 0 Å². The van der Waals surface area contributed by atoms with Crippen molar-refractivity contribution >= 4 is 15.9 Å². The van der Waals surface area contributed by atoms with Crippen LogP contribution in [-0.4, -0.2) is 4.83 Å². The SMILES string of the molecule is CCC(Br)C(C)c1ccc(C)cc1. The lowest BCUT2D eigenvalue weighted by Crippen LogP contribution is -2.07. The van der Waals surface area contributed by atoms with Crippen molar-refractivity contribution in [1.82, 2.24) is 0 Å². The van der Waals surface area contributed by atoms with E-state index in [-0.39, 0.29) is 0 Å². The summed E-state index contributed by atoms with van der Waals surface area (Å²) in [4.78, 5) is 0.593. The summed E-state index contributed by atoms with van der Waals surface area (Å²) in [6, 6.07) is 8.82. The number of aryl methyl sites for hydroxylation is 1. The first-order valence-corrected chi connectivity index (χ1v) is 5.77. The second kappa shape index (κ2) is 4.80. The van der Waals surface area contributed by atoms with Crippen LogP contribution >= 0.6 is 15.9 Å². The van der Waals surface area contributed by atoms with E-state index in [1.807, 2.05) is 0 Å². The largest absolute Gasteiger partial charge is 0.0884 e. The third kappa shape index (κ3) is 2.84. The fourth-order valence-corrected chi connectivity index (χ4v) is 1.74. The number of rotatable bonds is 3. The Labute approximate surface area is 89.5 Å². The fraction of sp³-hybridized carbons (Fsp3) is 0.500. The number of benzene rings is 1. The molecule has 0 bridgehead atoms. The van der Waals surface area contributed by atoms with Gasteiger partial charge in [-0.2, -0.15) is 0 Å². The van der Waals surface area contributed by atoms with Gasteiger partial charge in [0.1, 0.15) is 0 Å². The zero-order valence-corrected chi connectivity index (χ0v) is 10.1. The normalized spacial score (nSPS) is 15.4. The Morgan fingerprint density at radius 3 is 2.23 bits per heavy atom. The molecule has 0 aliphatic rings. The number of alkyl halides is 1. The van der Waals surface area contributed by atoms with Crippen LogP contribution in [-0.2, 0) is 0 Å². The molecule has 2 unspecified atom stereocenters. The van der Waals surface area contributed by atoms with Crippen LogP contribution in [0.1, 0.15) is 37.3 Å². The van der Waals surface area contributed by atoms with E-state index in [0.29, 0.717) is 10.7 Å². The van der Waals surface area contributed by atoms with Crippen molar-refractivity contribution in [2.24, 2.45) is 0 Å². The quantitative estimate of drug-likeness (QED) is 0.693. The molecule has 0 fully saturated rings. The highest BCUT2D eigenvalue weighted by atomic mass is 79.9. The third-order valence-corrected chi connectivity index (χ3v) is 3.98. The first kappa shape index (κ1) is 10.8. The molecule has 0 saturated carbocycles. The molecule has 1 aromatic rings. The van der Waals surface area contributed by atoms with Gasteiger partial charge in [-0.15, -0.1) is 0 Å². The maximum absolute atomic E-state index is 3.70. The minimum absolute atomic E-state index is 0.593. The van der Waals surface area contributed by atoms with Gasteiger partial charge in [0.2, 0.25) is 0 Å². The van der Waals surface area contributed by atoms with E-state index in [4.69, 9.17) is 0 Å². The standard InChI is InChI=1S/C12H17Br/c1-4-12(13)10(3)11-7-5-9(2)6-8-11/h5-8,10,12H,4H2,1-3H3. The molecular weight excluding hydrogens is 224 g/mol. The van der Waals surface area contributed by atoms with Gasteiger partial charge in [0.15, 0.2) is 0 Å². The van der Waals surface area contributed by atoms with Crippen molar-refractivity contribution in [3.8, 4) is 0 Å². The van der Waals surface area contributed by atoms with Gasteiger partial charge in [-0.3, -0.25) is 0 Å². The zero-order chi connectivity index (χ0) is 9.84. The van der Waals surface area contributed by atoms with Crippen LogP contribution in [0, 0.1) is 6.92 Å². The molecule has 72 valence electrons. The van der Waals surface area contributed by atoms with Crippen LogP contribution < -0.4 is 0 Å². The van der Waals surface area contributed by atoms with Gasteiger partial charge in [-0.25, -0.2) is 0 Å². The van der Waals surface area contributed by atoms with Crippen molar-refractivity contribution in [3.05, 3.63) is 35.4 Å². The molecule has 0 heterocycles. The van der Waals surface area contributed by atoms with Crippen LogP contribution in [0.4, 0.5) is 0 Å². The molecule has 0 spiro atoms. The van der Waals surface area contributed by atoms with Gasteiger partial charge >= 0.3 is 0 Å².